The van der Waals surface area contributed by atoms with Crippen LogP contribution in [0.5, 0.6) is 0 Å². The second-order valence-corrected chi connectivity index (χ2v) is 7.92. The van der Waals surface area contributed by atoms with Crippen molar-refractivity contribution in [3.63, 3.8) is 0 Å². The number of nitrogens with zero attached hydrogens (tertiary/aromatic N) is 3. The fourth-order valence-electron chi connectivity index (χ4n) is 4.12. The molecule has 128 valence electrons. The molecular formula is C17H21N3O3S. The Hall–Kier alpha value is -1.73. The van der Waals surface area contributed by atoms with Crippen molar-refractivity contribution in [2.24, 2.45) is 11.3 Å². The van der Waals surface area contributed by atoms with Crippen LogP contribution in [-0.2, 0) is 11.3 Å². The van der Waals surface area contributed by atoms with Gasteiger partial charge in [0.15, 0.2) is 12.1 Å². The minimum absolute atomic E-state index is 0.0346. The normalized spacial score (nSPS) is 26.0. The first-order valence-electron chi connectivity index (χ1n) is 8.32. The van der Waals surface area contributed by atoms with Gasteiger partial charge in [-0.05, 0) is 25.7 Å². The van der Waals surface area contributed by atoms with E-state index in [4.69, 9.17) is 9.15 Å². The molecule has 2 atom stereocenters. The van der Waals surface area contributed by atoms with Crippen LogP contribution in [0.4, 0.5) is 0 Å². The van der Waals surface area contributed by atoms with Gasteiger partial charge in [-0.2, -0.15) is 0 Å². The quantitative estimate of drug-likeness (QED) is 0.832. The highest BCUT2D eigenvalue weighted by atomic mass is 32.1. The van der Waals surface area contributed by atoms with Gasteiger partial charge in [-0.25, -0.2) is 9.97 Å². The van der Waals surface area contributed by atoms with Crippen molar-refractivity contribution in [1.82, 2.24) is 14.9 Å². The van der Waals surface area contributed by atoms with Gasteiger partial charge in [-0.1, -0.05) is 6.42 Å². The second-order valence-electron chi connectivity index (χ2n) is 6.86. The third kappa shape index (κ3) is 2.86. The molecular weight excluding hydrogens is 326 g/mol. The summed E-state index contributed by atoms with van der Waals surface area (Å²) in [7, 11) is 0. The molecule has 1 amide bonds. The predicted octanol–water partition coefficient (Wildman–Crippen LogP) is 2.90. The monoisotopic (exact) mass is 347 g/mol. The zero-order valence-electron chi connectivity index (χ0n) is 13.7. The first-order valence-corrected chi connectivity index (χ1v) is 9.20. The van der Waals surface area contributed by atoms with E-state index >= 15 is 0 Å². The minimum Gasteiger partial charge on any atom is -0.451 e. The number of carbonyl (C=O) groups is 1. The van der Waals surface area contributed by atoms with Crippen LogP contribution >= 0.6 is 11.3 Å². The smallest absolute Gasteiger partial charge is 0.275 e. The van der Waals surface area contributed by atoms with E-state index in [0.29, 0.717) is 24.8 Å². The van der Waals surface area contributed by atoms with Crippen LogP contribution in [-0.4, -0.2) is 40.5 Å². The van der Waals surface area contributed by atoms with Crippen LogP contribution in [0.2, 0.25) is 0 Å². The maximum Gasteiger partial charge on any atom is 0.275 e. The number of hydrogen-bond acceptors (Lipinski definition) is 6. The van der Waals surface area contributed by atoms with Crippen LogP contribution in [0.3, 0.4) is 0 Å². The summed E-state index contributed by atoms with van der Waals surface area (Å²) in [6.07, 6.45) is 6.23. The summed E-state index contributed by atoms with van der Waals surface area (Å²) in [5.41, 5.74) is 1.48. The first kappa shape index (κ1) is 15.8. The SMILES string of the molecule is Cc1nc(COC[C@@]23CCC[C@@H]2CN(C(=O)c2cocn2)C3)cs1. The molecule has 3 heterocycles. The summed E-state index contributed by atoms with van der Waals surface area (Å²) in [5.74, 6) is 0.484. The molecule has 0 unspecified atom stereocenters. The van der Waals surface area contributed by atoms with Gasteiger partial charge in [0.2, 0.25) is 0 Å². The Bertz CT molecular complexity index is 714. The number of aromatic nitrogens is 2. The van der Waals surface area contributed by atoms with Gasteiger partial charge < -0.3 is 14.1 Å². The summed E-state index contributed by atoms with van der Waals surface area (Å²) in [5, 5.41) is 3.12. The number of oxazole rings is 1. The molecule has 2 fully saturated rings. The molecule has 0 N–H and O–H groups in total. The molecule has 0 bridgehead atoms. The third-order valence-corrected chi connectivity index (χ3v) is 6.11. The summed E-state index contributed by atoms with van der Waals surface area (Å²) in [6, 6.07) is 0. The van der Waals surface area contributed by atoms with E-state index in [-0.39, 0.29) is 11.3 Å². The molecule has 6 nitrogen and oxygen atoms in total. The van der Waals surface area contributed by atoms with E-state index in [1.165, 1.54) is 25.5 Å². The van der Waals surface area contributed by atoms with Crippen molar-refractivity contribution in [1.29, 1.82) is 0 Å². The number of carbonyl (C=O) groups excluding carboxylic acids is 1. The molecule has 1 saturated carbocycles. The molecule has 1 aliphatic carbocycles. The standard InChI is InChI=1S/C17H21N3O3S/c1-12-19-14(8-24-12)6-22-10-17-4-2-3-13(17)5-20(9-17)16(21)15-7-23-11-18-15/h7-8,11,13H,2-6,9-10H2,1H3/t13-,17+/m1/s1. The zero-order chi connectivity index (χ0) is 16.6. The molecule has 4 rings (SSSR count). The van der Waals surface area contributed by atoms with Crippen molar-refractivity contribution in [2.45, 2.75) is 32.8 Å². The molecule has 0 radical (unpaired) electrons. The fraction of sp³-hybridized carbons (Fsp3) is 0.588. The molecule has 24 heavy (non-hydrogen) atoms. The highest BCUT2D eigenvalue weighted by Crippen LogP contribution is 2.49. The number of likely N-dealkylation sites (tertiary alicyclic amines) is 1. The third-order valence-electron chi connectivity index (χ3n) is 5.28. The lowest BCUT2D eigenvalue weighted by molar-refractivity contribution is 0.0253. The van der Waals surface area contributed by atoms with Gasteiger partial charge >= 0.3 is 0 Å². The Morgan fingerprint density at radius 1 is 1.58 bits per heavy atom. The Labute approximate surface area is 144 Å². The largest absolute Gasteiger partial charge is 0.451 e. The lowest BCUT2D eigenvalue weighted by Crippen LogP contribution is -2.34. The van der Waals surface area contributed by atoms with E-state index in [1.54, 1.807) is 11.3 Å². The molecule has 2 aliphatic rings. The van der Waals surface area contributed by atoms with Gasteiger partial charge in [0.1, 0.15) is 6.26 Å². The van der Waals surface area contributed by atoms with Crippen LogP contribution in [0.25, 0.3) is 0 Å². The number of fused-ring (bicyclic) bond motifs is 1. The maximum absolute atomic E-state index is 12.5. The summed E-state index contributed by atoms with van der Waals surface area (Å²) in [4.78, 5) is 22.9. The van der Waals surface area contributed by atoms with Crippen LogP contribution in [0, 0.1) is 18.3 Å². The van der Waals surface area contributed by atoms with Crippen LogP contribution < -0.4 is 0 Å². The molecule has 0 aromatic carbocycles. The number of aryl methyl sites for hydroxylation is 1. The number of ether oxygens (including phenoxy) is 1. The number of amides is 1. The van der Waals surface area contributed by atoms with Crippen molar-refractivity contribution in [2.75, 3.05) is 19.7 Å². The fourth-order valence-corrected chi connectivity index (χ4v) is 4.72. The molecule has 7 heteroatoms. The summed E-state index contributed by atoms with van der Waals surface area (Å²) in [6.45, 7) is 4.79. The number of rotatable bonds is 5. The van der Waals surface area contributed by atoms with Crippen LogP contribution in [0.15, 0.2) is 22.5 Å². The van der Waals surface area contributed by atoms with E-state index < -0.39 is 0 Å². The second kappa shape index (κ2) is 6.29. The van der Waals surface area contributed by atoms with E-state index in [1.807, 2.05) is 17.2 Å². The van der Waals surface area contributed by atoms with Crippen LogP contribution in [0.1, 0.15) is 40.5 Å². The van der Waals surface area contributed by atoms with Crippen molar-refractivity contribution >= 4 is 17.2 Å². The van der Waals surface area contributed by atoms with Gasteiger partial charge in [0, 0.05) is 23.9 Å². The average molecular weight is 347 g/mol. The van der Waals surface area contributed by atoms with Gasteiger partial charge in [0.25, 0.3) is 5.91 Å². The highest BCUT2D eigenvalue weighted by Gasteiger charge is 2.51. The van der Waals surface area contributed by atoms with E-state index in [9.17, 15) is 4.79 Å². The summed E-state index contributed by atoms with van der Waals surface area (Å²) < 4.78 is 11.0. The lowest BCUT2D eigenvalue weighted by Gasteiger charge is -2.28. The van der Waals surface area contributed by atoms with Gasteiger partial charge in [-0.3, -0.25) is 4.79 Å². The summed E-state index contributed by atoms with van der Waals surface area (Å²) >= 11 is 1.65. The molecule has 0 spiro atoms. The Morgan fingerprint density at radius 3 is 3.25 bits per heavy atom. The van der Waals surface area contributed by atoms with Crippen molar-refractivity contribution in [3.05, 3.63) is 34.4 Å². The topological polar surface area (TPSA) is 68.5 Å². The highest BCUT2D eigenvalue weighted by molar-refractivity contribution is 7.09. The zero-order valence-corrected chi connectivity index (χ0v) is 14.6. The predicted molar refractivity (Wildman–Crippen MR) is 88.7 cm³/mol. The number of thiazole rings is 1. The molecule has 2 aromatic heterocycles. The Kier molecular flexibility index (Phi) is 4.14. The molecule has 1 saturated heterocycles. The average Bonchev–Trinajstić information content (AvgIpc) is 3.29. The lowest BCUT2D eigenvalue weighted by atomic mass is 9.81. The molecule has 2 aromatic rings. The van der Waals surface area contributed by atoms with Gasteiger partial charge in [0.05, 0.1) is 23.9 Å². The Balaban J connectivity index is 1.40. The van der Waals surface area contributed by atoms with Crippen molar-refractivity contribution in [3.8, 4) is 0 Å². The Morgan fingerprint density at radius 2 is 2.50 bits per heavy atom. The van der Waals surface area contributed by atoms with Crippen molar-refractivity contribution < 1.29 is 13.9 Å². The first-order chi connectivity index (χ1) is 11.7. The molecule has 1 aliphatic heterocycles. The number of hydrogen-bond donors (Lipinski definition) is 0. The minimum atomic E-state index is -0.0346. The maximum atomic E-state index is 12.5. The van der Waals surface area contributed by atoms with E-state index in [2.05, 4.69) is 9.97 Å². The van der Waals surface area contributed by atoms with Gasteiger partial charge in [-0.15, -0.1) is 11.3 Å². The van der Waals surface area contributed by atoms with E-state index in [0.717, 1.165) is 30.2 Å².